The van der Waals surface area contributed by atoms with Crippen molar-refractivity contribution in [2.24, 2.45) is 0 Å². The van der Waals surface area contributed by atoms with E-state index in [2.05, 4.69) is 0 Å². The molecule has 1 atom stereocenters. The summed E-state index contributed by atoms with van der Waals surface area (Å²) in [6.07, 6.45) is 0. The number of carboxylic acids is 1. The van der Waals surface area contributed by atoms with E-state index in [9.17, 15) is 19.1 Å². The number of nitro benzene ring substituents is 1. The first kappa shape index (κ1) is 16.6. The molecule has 0 aliphatic heterocycles. The lowest BCUT2D eigenvalue weighted by Gasteiger charge is -2.08. The van der Waals surface area contributed by atoms with Gasteiger partial charge in [0.1, 0.15) is 5.75 Å². The minimum absolute atomic E-state index is 0.0598. The highest BCUT2D eigenvalue weighted by molar-refractivity contribution is 7.84. The highest BCUT2D eigenvalue weighted by Gasteiger charge is 2.18. The zero-order valence-electron chi connectivity index (χ0n) is 12.1. The first-order chi connectivity index (χ1) is 10.9. The van der Waals surface area contributed by atoms with Crippen molar-refractivity contribution in [1.82, 2.24) is 0 Å². The minimum Gasteiger partial charge on any atom is -0.496 e. The first-order valence-corrected chi connectivity index (χ1v) is 7.77. The van der Waals surface area contributed by atoms with E-state index in [1.807, 2.05) is 0 Å². The summed E-state index contributed by atoms with van der Waals surface area (Å²) in [6, 6.07) is 10.2. The fourth-order valence-electron chi connectivity index (χ4n) is 1.99. The van der Waals surface area contributed by atoms with Crippen LogP contribution in [0, 0.1) is 10.1 Å². The van der Waals surface area contributed by atoms with Crippen LogP contribution in [0.3, 0.4) is 0 Å². The van der Waals surface area contributed by atoms with Crippen LogP contribution in [0.4, 0.5) is 5.69 Å². The van der Waals surface area contributed by atoms with Gasteiger partial charge in [0.15, 0.2) is 0 Å². The fourth-order valence-corrected chi connectivity index (χ4v) is 3.19. The Kier molecular flexibility index (Phi) is 5.07. The van der Waals surface area contributed by atoms with Crippen LogP contribution in [0.15, 0.2) is 47.4 Å². The van der Waals surface area contributed by atoms with Gasteiger partial charge in [-0.15, -0.1) is 0 Å². The molecule has 0 radical (unpaired) electrons. The molecule has 0 saturated carbocycles. The Hall–Kier alpha value is -2.74. The number of nitrogens with zero attached hydrogens (tertiary/aromatic N) is 1. The summed E-state index contributed by atoms with van der Waals surface area (Å²) < 4.78 is 17.6. The number of methoxy groups -OCH3 is 1. The SMILES string of the molecule is COc1ccccc1CS(=O)c1cc(C(=O)O)cc([N+](=O)[O-])c1. The zero-order chi connectivity index (χ0) is 17.0. The van der Waals surface area contributed by atoms with Gasteiger partial charge in [-0.1, -0.05) is 18.2 Å². The number of para-hydroxylation sites is 1. The number of hydrogen-bond acceptors (Lipinski definition) is 5. The number of hydrogen-bond donors (Lipinski definition) is 1. The van der Waals surface area contributed by atoms with E-state index in [-0.39, 0.29) is 16.2 Å². The van der Waals surface area contributed by atoms with Gasteiger partial charge in [0.05, 0.1) is 34.1 Å². The average Bonchev–Trinajstić information content (AvgIpc) is 2.54. The Bertz CT molecular complexity index is 757. The number of carboxylic acid groups (broad SMARTS) is 1. The largest absolute Gasteiger partial charge is 0.496 e. The molecule has 120 valence electrons. The molecule has 2 rings (SSSR count). The van der Waals surface area contributed by atoms with Crippen LogP contribution in [-0.2, 0) is 16.6 Å². The minimum atomic E-state index is -1.65. The van der Waals surface area contributed by atoms with Gasteiger partial charge in [0.25, 0.3) is 5.69 Å². The maximum Gasteiger partial charge on any atom is 0.335 e. The van der Waals surface area contributed by atoms with Crippen LogP contribution in [0.2, 0.25) is 0 Å². The highest BCUT2D eigenvalue weighted by atomic mass is 32.2. The van der Waals surface area contributed by atoms with E-state index >= 15 is 0 Å². The lowest BCUT2D eigenvalue weighted by atomic mass is 10.2. The Morgan fingerprint density at radius 1 is 1.30 bits per heavy atom. The van der Waals surface area contributed by atoms with Crippen molar-refractivity contribution >= 4 is 22.5 Å². The number of aromatic carboxylic acids is 1. The number of non-ortho nitro benzene ring substituents is 1. The van der Waals surface area contributed by atoms with Crippen LogP contribution < -0.4 is 4.74 Å². The molecule has 0 amide bonds. The lowest BCUT2D eigenvalue weighted by Crippen LogP contribution is -2.04. The molecule has 1 N–H and O–H groups in total. The number of carbonyl (C=O) groups is 1. The van der Waals surface area contributed by atoms with Crippen molar-refractivity contribution in [3.05, 3.63) is 63.7 Å². The second kappa shape index (κ2) is 7.01. The summed E-state index contributed by atoms with van der Waals surface area (Å²) in [5, 5.41) is 19.9. The van der Waals surface area contributed by atoms with E-state index in [1.54, 1.807) is 24.3 Å². The predicted octanol–water partition coefficient (Wildman–Crippen LogP) is 2.61. The van der Waals surface area contributed by atoms with E-state index in [0.717, 1.165) is 12.1 Å². The van der Waals surface area contributed by atoms with Crippen LogP contribution in [0.1, 0.15) is 15.9 Å². The molecule has 2 aromatic carbocycles. The van der Waals surface area contributed by atoms with Gasteiger partial charge in [-0.25, -0.2) is 4.79 Å². The van der Waals surface area contributed by atoms with Crippen molar-refractivity contribution in [2.45, 2.75) is 10.6 Å². The normalized spacial score (nSPS) is 11.7. The topological polar surface area (TPSA) is 107 Å². The molecule has 7 nitrogen and oxygen atoms in total. The van der Waals surface area contributed by atoms with Crippen molar-refractivity contribution < 1.29 is 23.8 Å². The van der Waals surface area contributed by atoms with Crippen LogP contribution in [-0.4, -0.2) is 27.3 Å². The lowest BCUT2D eigenvalue weighted by molar-refractivity contribution is -0.385. The van der Waals surface area contributed by atoms with Crippen molar-refractivity contribution in [3.8, 4) is 5.75 Å². The van der Waals surface area contributed by atoms with Gasteiger partial charge in [-0.3, -0.25) is 14.3 Å². The number of nitro groups is 1. The molecule has 0 heterocycles. The second-order valence-electron chi connectivity index (χ2n) is 4.58. The molecule has 0 aromatic heterocycles. The standard InChI is InChI=1S/C15H13NO6S/c1-22-14-5-3-2-4-10(14)9-23(21)13-7-11(15(17)18)6-12(8-13)16(19)20/h2-8H,9H2,1H3,(H,17,18). The molecule has 0 bridgehead atoms. The van der Waals surface area contributed by atoms with Crippen LogP contribution >= 0.6 is 0 Å². The zero-order valence-corrected chi connectivity index (χ0v) is 12.9. The molecule has 1 unspecified atom stereocenters. The predicted molar refractivity (Wildman–Crippen MR) is 83.2 cm³/mol. The maximum atomic E-state index is 12.5. The maximum absolute atomic E-state index is 12.5. The number of benzene rings is 2. The molecule has 2 aromatic rings. The quantitative estimate of drug-likeness (QED) is 0.642. The number of ether oxygens (including phenoxy) is 1. The molecule has 0 fully saturated rings. The molecule has 8 heteroatoms. The fraction of sp³-hybridized carbons (Fsp3) is 0.133. The third kappa shape index (κ3) is 3.92. The molecular weight excluding hydrogens is 322 g/mol. The van der Waals surface area contributed by atoms with Crippen LogP contribution in [0.5, 0.6) is 5.75 Å². The summed E-state index contributed by atoms with van der Waals surface area (Å²) in [4.78, 5) is 21.3. The van der Waals surface area contributed by atoms with Gasteiger partial charge >= 0.3 is 5.97 Å². The summed E-state index contributed by atoms with van der Waals surface area (Å²) in [5.74, 6) is -0.710. The third-order valence-corrected chi connectivity index (χ3v) is 4.43. The van der Waals surface area contributed by atoms with Gasteiger partial charge in [0, 0.05) is 22.6 Å². The Morgan fingerprint density at radius 3 is 2.61 bits per heavy atom. The molecule has 0 aliphatic carbocycles. The van der Waals surface area contributed by atoms with E-state index in [4.69, 9.17) is 9.84 Å². The van der Waals surface area contributed by atoms with Crippen molar-refractivity contribution in [2.75, 3.05) is 7.11 Å². The Morgan fingerprint density at radius 2 is 2.00 bits per heavy atom. The average molecular weight is 335 g/mol. The monoisotopic (exact) mass is 335 g/mol. The summed E-state index contributed by atoms with van der Waals surface area (Å²) in [7, 11) is -0.164. The first-order valence-electron chi connectivity index (χ1n) is 6.45. The molecule has 0 saturated heterocycles. The third-order valence-electron chi connectivity index (χ3n) is 3.09. The molecule has 0 spiro atoms. The van der Waals surface area contributed by atoms with Gasteiger partial charge in [0.2, 0.25) is 0 Å². The van der Waals surface area contributed by atoms with Crippen molar-refractivity contribution in [3.63, 3.8) is 0 Å². The second-order valence-corrected chi connectivity index (χ2v) is 6.03. The Balaban J connectivity index is 2.38. The summed E-state index contributed by atoms with van der Waals surface area (Å²) in [6.45, 7) is 0. The van der Waals surface area contributed by atoms with Gasteiger partial charge in [-0.2, -0.15) is 0 Å². The van der Waals surface area contributed by atoms with Gasteiger partial charge < -0.3 is 9.84 Å². The molecular formula is C15H13NO6S. The summed E-state index contributed by atoms with van der Waals surface area (Å²) >= 11 is 0. The highest BCUT2D eigenvalue weighted by Crippen LogP contribution is 2.25. The van der Waals surface area contributed by atoms with E-state index < -0.39 is 27.4 Å². The Labute approximate surface area is 134 Å². The smallest absolute Gasteiger partial charge is 0.335 e. The summed E-state index contributed by atoms with van der Waals surface area (Å²) in [5.41, 5.74) is -0.0208. The molecule has 0 aliphatic rings. The van der Waals surface area contributed by atoms with Gasteiger partial charge in [-0.05, 0) is 12.1 Å². The van der Waals surface area contributed by atoms with Crippen molar-refractivity contribution in [1.29, 1.82) is 0 Å². The van der Waals surface area contributed by atoms with Crippen LogP contribution in [0.25, 0.3) is 0 Å². The van der Waals surface area contributed by atoms with E-state index in [1.165, 1.54) is 13.2 Å². The van der Waals surface area contributed by atoms with E-state index in [0.29, 0.717) is 11.3 Å². The number of rotatable bonds is 6. The molecule has 23 heavy (non-hydrogen) atoms.